The second-order valence-corrected chi connectivity index (χ2v) is 6.45. The molecule has 136 valence electrons. The SMILES string of the molecule is CC(C)COC(=O)NC(Cc1ccc2ccccc2c1)C(=O)NCC#N. The van der Waals surface area contributed by atoms with Gasteiger partial charge in [0.15, 0.2) is 0 Å². The lowest BCUT2D eigenvalue weighted by Gasteiger charge is -2.18. The van der Waals surface area contributed by atoms with Crippen LogP contribution in [0.4, 0.5) is 4.79 Å². The van der Waals surface area contributed by atoms with Crippen molar-refractivity contribution in [1.29, 1.82) is 5.26 Å². The summed E-state index contributed by atoms with van der Waals surface area (Å²) >= 11 is 0. The third-order valence-electron chi connectivity index (χ3n) is 3.75. The van der Waals surface area contributed by atoms with Gasteiger partial charge in [0.25, 0.3) is 0 Å². The number of amides is 2. The molecule has 0 radical (unpaired) electrons. The lowest BCUT2D eigenvalue weighted by Crippen LogP contribution is -2.48. The highest BCUT2D eigenvalue weighted by Gasteiger charge is 2.22. The molecule has 0 saturated carbocycles. The molecule has 26 heavy (non-hydrogen) atoms. The first-order valence-electron chi connectivity index (χ1n) is 8.55. The Hall–Kier alpha value is -3.07. The molecule has 0 heterocycles. The number of alkyl carbamates (subject to hydrolysis) is 1. The first-order chi connectivity index (χ1) is 12.5. The minimum Gasteiger partial charge on any atom is -0.449 e. The number of rotatable bonds is 7. The smallest absolute Gasteiger partial charge is 0.407 e. The monoisotopic (exact) mass is 353 g/mol. The van der Waals surface area contributed by atoms with Gasteiger partial charge in [-0.25, -0.2) is 4.79 Å². The Bertz CT molecular complexity index is 811. The van der Waals surface area contributed by atoms with Gasteiger partial charge in [0.2, 0.25) is 5.91 Å². The zero-order chi connectivity index (χ0) is 18.9. The summed E-state index contributed by atoms with van der Waals surface area (Å²) in [6, 6.07) is 14.9. The van der Waals surface area contributed by atoms with Crippen LogP contribution in [0.15, 0.2) is 42.5 Å². The highest BCUT2D eigenvalue weighted by atomic mass is 16.5. The quantitative estimate of drug-likeness (QED) is 0.749. The molecule has 2 aromatic carbocycles. The molecule has 6 nitrogen and oxygen atoms in total. The molecule has 0 aliphatic carbocycles. The number of fused-ring (bicyclic) bond motifs is 1. The van der Waals surface area contributed by atoms with Crippen molar-refractivity contribution in [1.82, 2.24) is 10.6 Å². The Morgan fingerprint density at radius 2 is 1.88 bits per heavy atom. The van der Waals surface area contributed by atoms with E-state index in [4.69, 9.17) is 10.00 Å². The lowest BCUT2D eigenvalue weighted by molar-refractivity contribution is -0.122. The van der Waals surface area contributed by atoms with E-state index in [0.29, 0.717) is 6.42 Å². The molecular weight excluding hydrogens is 330 g/mol. The molecule has 0 bridgehead atoms. The largest absolute Gasteiger partial charge is 0.449 e. The molecule has 0 spiro atoms. The summed E-state index contributed by atoms with van der Waals surface area (Å²) in [6.07, 6.45) is -0.338. The van der Waals surface area contributed by atoms with Crippen LogP contribution in [0.3, 0.4) is 0 Å². The molecule has 2 N–H and O–H groups in total. The average molecular weight is 353 g/mol. The number of carbonyl (C=O) groups is 2. The summed E-state index contributed by atoms with van der Waals surface area (Å²) in [5, 5.41) is 15.9. The van der Waals surface area contributed by atoms with Gasteiger partial charge >= 0.3 is 6.09 Å². The Balaban J connectivity index is 2.12. The van der Waals surface area contributed by atoms with E-state index in [-0.39, 0.29) is 19.1 Å². The van der Waals surface area contributed by atoms with E-state index < -0.39 is 18.0 Å². The molecule has 2 aromatic rings. The Labute approximate surface area is 153 Å². The van der Waals surface area contributed by atoms with Gasteiger partial charge in [-0.05, 0) is 22.3 Å². The standard InChI is InChI=1S/C20H23N3O3/c1-14(2)13-26-20(25)23-18(19(24)22-10-9-21)12-15-7-8-16-5-3-4-6-17(16)11-15/h3-8,11,14,18H,10,12-13H2,1-2H3,(H,22,24)(H,23,25). The van der Waals surface area contributed by atoms with Crippen molar-refractivity contribution in [2.75, 3.05) is 13.2 Å². The van der Waals surface area contributed by atoms with Gasteiger partial charge in [0.05, 0.1) is 12.7 Å². The minimum atomic E-state index is -0.816. The van der Waals surface area contributed by atoms with Gasteiger partial charge < -0.3 is 15.4 Å². The van der Waals surface area contributed by atoms with E-state index in [1.807, 2.05) is 62.4 Å². The van der Waals surface area contributed by atoms with Crippen molar-refractivity contribution in [2.24, 2.45) is 5.92 Å². The van der Waals surface area contributed by atoms with Crippen molar-refractivity contribution in [3.8, 4) is 6.07 Å². The first-order valence-corrected chi connectivity index (χ1v) is 8.55. The first kappa shape index (κ1) is 19.3. The maximum atomic E-state index is 12.3. The predicted octanol–water partition coefficient (Wildman–Crippen LogP) is 2.77. The zero-order valence-corrected chi connectivity index (χ0v) is 15.0. The molecule has 2 amide bonds. The number of hydrogen-bond acceptors (Lipinski definition) is 4. The summed E-state index contributed by atoms with van der Waals surface area (Å²) in [5.74, 6) is -0.215. The van der Waals surface area contributed by atoms with E-state index in [0.717, 1.165) is 16.3 Å². The second-order valence-electron chi connectivity index (χ2n) is 6.45. The Morgan fingerprint density at radius 1 is 1.15 bits per heavy atom. The number of benzene rings is 2. The van der Waals surface area contributed by atoms with Crippen LogP contribution in [-0.4, -0.2) is 31.2 Å². The van der Waals surface area contributed by atoms with Gasteiger partial charge in [-0.3, -0.25) is 4.79 Å². The molecule has 1 atom stereocenters. The third-order valence-corrected chi connectivity index (χ3v) is 3.75. The number of hydrogen-bond donors (Lipinski definition) is 2. The summed E-state index contributed by atoms with van der Waals surface area (Å²) < 4.78 is 5.10. The van der Waals surface area contributed by atoms with Gasteiger partial charge in [0, 0.05) is 6.42 Å². The topological polar surface area (TPSA) is 91.2 Å². The molecular formula is C20H23N3O3. The number of nitriles is 1. The average Bonchev–Trinajstić information content (AvgIpc) is 2.63. The normalized spacial score (nSPS) is 11.6. The van der Waals surface area contributed by atoms with Crippen LogP contribution in [0, 0.1) is 17.2 Å². The predicted molar refractivity (Wildman–Crippen MR) is 99.4 cm³/mol. The number of nitrogens with one attached hydrogen (secondary N) is 2. The van der Waals surface area contributed by atoms with Gasteiger partial charge in [0.1, 0.15) is 12.6 Å². The number of nitrogens with zero attached hydrogens (tertiary/aromatic N) is 1. The fourth-order valence-electron chi connectivity index (χ4n) is 2.49. The van der Waals surface area contributed by atoms with E-state index in [2.05, 4.69) is 10.6 Å². The van der Waals surface area contributed by atoms with E-state index in [1.54, 1.807) is 0 Å². The molecule has 0 saturated heterocycles. The van der Waals surface area contributed by atoms with Crippen LogP contribution in [0.2, 0.25) is 0 Å². The maximum Gasteiger partial charge on any atom is 0.407 e. The highest BCUT2D eigenvalue weighted by molar-refractivity contribution is 5.87. The fourth-order valence-corrected chi connectivity index (χ4v) is 2.49. The van der Waals surface area contributed by atoms with Crippen LogP contribution >= 0.6 is 0 Å². The van der Waals surface area contributed by atoms with Gasteiger partial charge in [-0.15, -0.1) is 0 Å². The fraction of sp³-hybridized carbons (Fsp3) is 0.350. The van der Waals surface area contributed by atoms with Crippen LogP contribution in [-0.2, 0) is 16.0 Å². The molecule has 0 fully saturated rings. The van der Waals surface area contributed by atoms with E-state index in [9.17, 15) is 9.59 Å². The Kier molecular flexibility index (Phi) is 6.98. The van der Waals surface area contributed by atoms with E-state index >= 15 is 0 Å². The number of carbonyl (C=O) groups excluding carboxylic acids is 2. The lowest BCUT2D eigenvalue weighted by atomic mass is 10.0. The Morgan fingerprint density at radius 3 is 2.58 bits per heavy atom. The highest BCUT2D eigenvalue weighted by Crippen LogP contribution is 2.16. The van der Waals surface area contributed by atoms with Crippen LogP contribution in [0.1, 0.15) is 19.4 Å². The van der Waals surface area contributed by atoms with Gasteiger partial charge in [-0.2, -0.15) is 5.26 Å². The summed E-state index contributed by atoms with van der Waals surface area (Å²) in [5.41, 5.74) is 0.907. The maximum absolute atomic E-state index is 12.3. The second kappa shape index (κ2) is 9.42. The van der Waals surface area contributed by atoms with Crippen LogP contribution in [0.25, 0.3) is 10.8 Å². The minimum absolute atomic E-state index is 0.115. The van der Waals surface area contributed by atoms with Gasteiger partial charge in [-0.1, -0.05) is 56.3 Å². The van der Waals surface area contributed by atoms with Crippen molar-refractivity contribution in [2.45, 2.75) is 26.3 Å². The molecule has 0 aliphatic rings. The molecule has 1 unspecified atom stereocenters. The van der Waals surface area contributed by atoms with Crippen molar-refractivity contribution < 1.29 is 14.3 Å². The third kappa shape index (κ3) is 5.78. The van der Waals surface area contributed by atoms with E-state index in [1.165, 1.54) is 0 Å². The van der Waals surface area contributed by atoms with Crippen molar-refractivity contribution >= 4 is 22.8 Å². The molecule has 6 heteroatoms. The molecule has 0 aliphatic heterocycles. The summed E-state index contributed by atoms with van der Waals surface area (Å²) in [4.78, 5) is 24.3. The molecule has 2 rings (SSSR count). The number of ether oxygens (including phenoxy) is 1. The molecule has 0 aromatic heterocycles. The van der Waals surface area contributed by atoms with Crippen LogP contribution in [0.5, 0.6) is 0 Å². The van der Waals surface area contributed by atoms with Crippen molar-refractivity contribution in [3.63, 3.8) is 0 Å². The summed E-state index contributed by atoms with van der Waals surface area (Å²) in [7, 11) is 0. The zero-order valence-electron chi connectivity index (χ0n) is 15.0. The summed E-state index contributed by atoms with van der Waals surface area (Å²) in [6.45, 7) is 4.02. The van der Waals surface area contributed by atoms with Crippen molar-refractivity contribution in [3.05, 3.63) is 48.0 Å². The van der Waals surface area contributed by atoms with Crippen LogP contribution < -0.4 is 10.6 Å².